The number of amides is 4. The van der Waals surface area contributed by atoms with Crippen LogP contribution in [0.3, 0.4) is 0 Å². The number of fused-ring (bicyclic) bond motifs is 2. The summed E-state index contributed by atoms with van der Waals surface area (Å²) in [4.78, 5) is 43.2. The van der Waals surface area contributed by atoms with Gasteiger partial charge in [0.2, 0.25) is 5.91 Å². The van der Waals surface area contributed by atoms with Gasteiger partial charge in [-0.2, -0.15) is 5.06 Å². The molecule has 2 fully saturated rings. The maximum Gasteiger partial charge on any atom is 0.345 e. The summed E-state index contributed by atoms with van der Waals surface area (Å²) in [6.45, 7) is 1.90. The Hall–Kier alpha value is -2.45. The van der Waals surface area contributed by atoms with E-state index in [1.54, 1.807) is 0 Å². The maximum absolute atomic E-state index is 12.5. The lowest BCUT2D eigenvalue weighted by Crippen LogP contribution is -2.54. The van der Waals surface area contributed by atoms with Crippen LogP contribution in [0.4, 0.5) is 4.79 Å². The minimum atomic E-state index is -0.715. The van der Waals surface area contributed by atoms with Crippen LogP contribution in [0.1, 0.15) is 25.3 Å². The third-order valence-corrected chi connectivity index (χ3v) is 4.40. The minimum Gasteiger partial charge on any atom is -0.309 e. The van der Waals surface area contributed by atoms with Crippen molar-refractivity contribution in [2.75, 3.05) is 6.54 Å². The van der Waals surface area contributed by atoms with Crippen LogP contribution in [0.2, 0.25) is 0 Å². The number of carbonyl (C=O) groups excluding carboxylic acids is 3. The molecule has 2 N–H and O–H groups in total. The first-order valence-corrected chi connectivity index (χ1v) is 7.85. The molecule has 8 heteroatoms. The highest BCUT2D eigenvalue weighted by molar-refractivity contribution is 5.98. The fraction of sp³-hybridized carbons (Fsp3) is 0.438. The molecule has 2 unspecified atom stereocenters. The number of hydrazine groups is 1. The predicted molar refractivity (Wildman–Crippen MR) is 83.7 cm³/mol. The average molecular weight is 332 g/mol. The molecule has 2 aliphatic heterocycles. The summed E-state index contributed by atoms with van der Waals surface area (Å²) in [6, 6.07) is 8.38. The van der Waals surface area contributed by atoms with Gasteiger partial charge in [0, 0.05) is 13.5 Å². The van der Waals surface area contributed by atoms with Gasteiger partial charge in [-0.3, -0.25) is 14.4 Å². The van der Waals surface area contributed by atoms with Crippen LogP contribution >= 0.6 is 0 Å². The summed E-state index contributed by atoms with van der Waals surface area (Å²) in [7, 11) is 0. The van der Waals surface area contributed by atoms with Gasteiger partial charge in [0.1, 0.15) is 12.6 Å². The van der Waals surface area contributed by atoms with Crippen molar-refractivity contribution in [2.45, 2.75) is 38.5 Å². The molecule has 2 saturated heterocycles. The Labute approximate surface area is 139 Å². The maximum atomic E-state index is 12.5. The van der Waals surface area contributed by atoms with Crippen LogP contribution < -0.4 is 5.84 Å². The molecule has 128 valence electrons. The van der Waals surface area contributed by atoms with Crippen LogP contribution in [0.15, 0.2) is 30.3 Å². The van der Waals surface area contributed by atoms with E-state index in [-0.39, 0.29) is 18.7 Å². The Kier molecular flexibility index (Phi) is 4.50. The van der Waals surface area contributed by atoms with E-state index >= 15 is 0 Å². The van der Waals surface area contributed by atoms with Gasteiger partial charge in [0.25, 0.3) is 5.91 Å². The van der Waals surface area contributed by atoms with Crippen molar-refractivity contribution in [1.82, 2.24) is 15.0 Å². The number of nitrogens with two attached hydrogens (primary N) is 1. The fourth-order valence-corrected chi connectivity index (χ4v) is 3.09. The van der Waals surface area contributed by atoms with Crippen molar-refractivity contribution in [2.24, 2.45) is 5.84 Å². The summed E-state index contributed by atoms with van der Waals surface area (Å²) in [5, 5.41) is 1.92. The lowest BCUT2D eigenvalue weighted by Gasteiger charge is -2.30. The second kappa shape index (κ2) is 6.58. The second-order valence-corrected chi connectivity index (χ2v) is 5.99. The first-order valence-electron chi connectivity index (χ1n) is 7.85. The topological polar surface area (TPSA) is 96.2 Å². The molecule has 0 aliphatic carbocycles. The van der Waals surface area contributed by atoms with E-state index in [1.807, 2.05) is 30.3 Å². The van der Waals surface area contributed by atoms with E-state index in [0.717, 1.165) is 5.56 Å². The van der Waals surface area contributed by atoms with Crippen molar-refractivity contribution < 1.29 is 19.2 Å². The van der Waals surface area contributed by atoms with E-state index in [1.165, 1.54) is 16.9 Å². The SMILES string of the molecule is CC(=O)N(N)C(=O)C1CCC2CN1C(=O)N2OCc1ccccc1. The molecule has 1 aromatic rings. The fourth-order valence-electron chi connectivity index (χ4n) is 3.09. The third-order valence-electron chi connectivity index (χ3n) is 4.40. The van der Waals surface area contributed by atoms with Crippen molar-refractivity contribution >= 4 is 17.8 Å². The van der Waals surface area contributed by atoms with E-state index in [2.05, 4.69) is 0 Å². The highest BCUT2D eigenvalue weighted by atomic mass is 16.7. The van der Waals surface area contributed by atoms with Gasteiger partial charge in [-0.05, 0) is 18.4 Å². The molecular formula is C16H20N4O4. The second-order valence-electron chi connectivity index (χ2n) is 5.99. The molecule has 24 heavy (non-hydrogen) atoms. The Morgan fingerprint density at radius 3 is 2.67 bits per heavy atom. The molecular weight excluding hydrogens is 312 g/mol. The molecule has 4 amide bonds. The van der Waals surface area contributed by atoms with Crippen molar-refractivity contribution in [3.05, 3.63) is 35.9 Å². The van der Waals surface area contributed by atoms with E-state index in [0.29, 0.717) is 24.4 Å². The zero-order valence-corrected chi connectivity index (χ0v) is 13.4. The quantitative estimate of drug-likeness (QED) is 0.496. The zero-order valence-electron chi connectivity index (χ0n) is 13.4. The molecule has 2 bridgehead atoms. The van der Waals surface area contributed by atoms with E-state index in [9.17, 15) is 14.4 Å². The molecule has 2 atom stereocenters. The Balaban J connectivity index is 1.67. The first-order chi connectivity index (χ1) is 11.5. The Morgan fingerprint density at radius 1 is 1.29 bits per heavy atom. The van der Waals surface area contributed by atoms with Gasteiger partial charge >= 0.3 is 6.03 Å². The van der Waals surface area contributed by atoms with Gasteiger partial charge in [0.15, 0.2) is 0 Å². The van der Waals surface area contributed by atoms with Crippen LogP contribution in [-0.4, -0.2) is 51.4 Å². The monoisotopic (exact) mass is 332 g/mol. The number of hydrogen-bond acceptors (Lipinski definition) is 5. The standard InChI is InChI=1S/C16H20N4O4/c1-11(21)19(17)15(22)14-8-7-13-9-18(14)16(23)20(13)24-10-12-5-3-2-4-6-12/h2-6,13-14H,7-10,17H2,1H3. The van der Waals surface area contributed by atoms with Crippen LogP contribution in [0.25, 0.3) is 0 Å². The molecule has 0 saturated carbocycles. The largest absolute Gasteiger partial charge is 0.345 e. The summed E-state index contributed by atoms with van der Waals surface area (Å²) < 4.78 is 0. The zero-order chi connectivity index (χ0) is 17.3. The molecule has 8 nitrogen and oxygen atoms in total. The number of piperidine rings is 1. The number of carbonyl (C=O) groups is 3. The Morgan fingerprint density at radius 2 is 2.00 bits per heavy atom. The molecule has 3 rings (SSSR count). The number of imide groups is 1. The van der Waals surface area contributed by atoms with Crippen molar-refractivity contribution in [3.63, 3.8) is 0 Å². The first kappa shape index (κ1) is 16.4. The molecule has 1 aromatic carbocycles. The third kappa shape index (κ3) is 2.98. The van der Waals surface area contributed by atoms with Gasteiger partial charge in [0.05, 0.1) is 6.04 Å². The van der Waals surface area contributed by atoms with Gasteiger partial charge < -0.3 is 4.90 Å². The van der Waals surface area contributed by atoms with E-state index < -0.39 is 17.9 Å². The minimum absolute atomic E-state index is 0.0891. The number of rotatable bonds is 4. The number of benzene rings is 1. The molecule has 2 aliphatic rings. The van der Waals surface area contributed by atoms with Crippen molar-refractivity contribution in [1.29, 1.82) is 0 Å². The predicted octanol–water partition coefficient (Wildman–Crippen LogP) is 0.636. The van der Waals surface area contributed by atoms with Gasteiger partial charge in [-0.25, -0.2) is 15.6 Å². The molecule has 0 radical (unpaired) electrons. The number of hydroxylamine groups is 2. The Bertz CT molecular complexity index is 651. The number of nitrogens with zero attached hydrogens (tertiary/aromatic N) is 3. The average Bonchev–Trinajstić information content (AvgIpc) is 2.83. The smallest absolute Gasteiger partial charge is 0.309 e. The van der Waals surface area contributed by atoms with Crippen LogP contribution in [0, 0.1) is 0 Å². The van der Waals surface area contributed by atoms with Crippen LogP contribution in [-0.2, 0) is 21.0 Å². The van der Waals surface area contributed by atoms with Gasteiger partial charge in [-0.15, -0.1) is 0 Å². The van der Waals surface area contributed by atoms with Crippen LogP contribution in [0.5, 0.6) is 0 Å². The summed E-state index contributed by atoms with van der Waals surface area (Å²) in [5.74, 6) is 4.38. The van der Waals surface area contributed by atoms with Crippen molar-refractivity contribution in [3.8, 4) is 0 Å². The normalized spacial score (nSPS) is 22.7. The molecule has 2 heterocycles. The highest BCUT2D eigenvalue weighted by Crippen LogP contribution is 2.31. The summed E-state index contributed by atoms with van der Waals surface area (Å²) in [5.41, 5.74) is 0.957. The molecule has 0 aromatic heterocycles. The summed E-state index contributed by atoms with van der Waals surface area (Å²) >= 11 is 0. The highest BCUT2D eigenvalue weighted by Gasteiger charge is 2.48. The lowest BCUT2D eigenvalue weighted by molar-refractivity contribution is -0.147. The number of hydrogen-bond donors (Lipinski definition) is 1. The van der Waals surface area contributed by atoms with Gasteiger partial charge in [-0.1, -0.05) is 30.3 Å². The molecule has 0 spiro atoms. The summed E-state index contributed by atoms with van der Waals surface area (Å²) in [6.07, 6.45) is 1.08. The van der Waals surface area contributed by atoms with E-state index in [4.69, 9.17) is 10.7 Å². The number of urea groups is 1. The lowest BCUT2D eigenvalue weighted by atomic mass is 10.00.